The van der Waals surface area contributed by atoms with Crippen LogP contribution in [-0.2, 0) is 24.5 Å². The number of carbonyl (C=O) groups is 2. The lowest BCUT2D eigenvalue weighted by Gasteiger charge is -2.31. The maximum Gasteiger partial charge on any atom is 0.416 e. The molecule has 0 unspecified atom stereocenters. The van der Waals surface area contributed by atoms with Crippen LogP contribution in [-0.4, -0.2) is 43.6 Å². The highest BCUT2D eigenvalue weighted by molar-refractivity contribution is 6.10. The van der Waals surface area contributed by atoms with Gasteiger partial charge in [-0.3, -0.25) is 19.3 Å². The third-order valence-electron chi connectivity index (χ3n) is 5.43. The number of anilines is 1. The summed E-state index contributed by atoms with van der Waals surface area (Å²) >= 11 is 0. The molecule has 4 aromatic rings. The van der Waals surface area contributed by atoms with E-state index in [0.717, 1.165) is 14.0 Å². The van der Waals surface area contributed by atoms with Crippen LogP contribution >= 0.6 is 0 Å². The van der Waals surface area contributed by atoms with Crippen LogP contribution in [0.5, 0.6) is 0 Å². The Bertz CT molecular complexity index is 1570. The van der Waals surface area contributed by atoms with Crippen LogP contribution in [0.4, 0.5) is 23.4 Å². The number of hydrogen-bond acceptors (Lipinski definition) is 5. The van der Waals surface area contributed by atoms with Gasteiger partial charge < -0.3 is 5.73 Å². The first-order valence-corrected chi connectivity index (χ1v) is 10.1. The second-order valence-electron chi connectivity index (χ2n) is 7.72. The molecule has 35 heavy (non-hydrogen) atoms. The molecule has 2 aromatic heterocycles. The van der Waals surface area contributed by atoms with Crippen molar-refractivity contribution < 1.29 is 29.9 Å². The maximum absolute atomic E-state index is 14.8. The number of hydrazine groups is 1. The number of aromatic nitrogens is 3. The van der Waals surface area contributed by atoms with Gasteiger partial charge in [0.2, 0.25) is 5.91 Å². The molecule has 0 aliphatic carbocycles. The van der Waals surface area contributed by atoms with Gasteiger partial charge in [-0.1, -0.05) is 6.07 Å². The van der Waals surface area contributed by atoms with E-state index >= 15 is 0 Å². The number of amides is 2. The van der Waals surface area contributed by atoms with E-state index in [9.17, 15) is 27.2 Å². The van der Waals surface area contributed by atoms with E-state index in [1.807, 2.05) is 0 Å². The lowest BCUT2D eigenvalue weighted by Crippen LogP contribution is -2.46. The average Bonchev–Trinajstić information content (AvgIpc) is 3.20. The zero-order valence-electron chi connectivity index (χ0n) is 20.7. The van der Waals surface area contributed by atoms with Gasteiger partial charge in [0.15, 0.2) is 0 Å². The van der Waals surface area contributed by atoms with Crippen LogP contribution in [0.1, 0.15) is 31.2 Å². The van der Waals surface area contributed by atoms with Gasteiger partial charge in [-0.25, -0.2) is 14.4 Å². The van der Waals surface area contributed by atoms with Gasteiger partial charge >= 0.3 is 6.18 Å². The molecule has 182 valence electrons. The predicted molar refractivity (Wildman–Crippen MR) is 120 cm³/mol. The van der Waals surface area contributed by atoms with Crippen molar-refractivity contribution in [2.45, 2.75) is 19.6 Å². The van der Waals surface area contributed by atoms with Gasteiger partial charge in [-0.05, 0) is 30.3 Å². The minimum Gasteiger partial charge on any atom is -0.383 e. The van der Waals surface area contributed by atoms with Crippen LogP contribution < -0.4 is 5.73 Å². The number of carbonyl (C=O) groups excluding carboxylic acids is 2. The van der Waals surface area contributed by atoms with Crippen molar-refractivity contribution in [3.8, 4) is 0 Å². The molecule has 0 atom stereocenters. The van der Waals surface area contributed by atoms with Crippen molar-refractivity contribution in [3.05, 3.63) is 65.1 Å². The average molecular weight is 490 g/mol. The number of nitrogens with two attached hydrogens (primary N) is 1. The number of benzene rings is 2. The molecule has 2 heterocycles. The minimum atomic E-state index is -4.86. The molecule has 2 amide bonds. The summed E-state index contributed by atoms with van der Waals surface area (Å²) < 4.78 is 72.4. The summed E-state index contributed by atoms with van der Waals surface area (Å²) in [5.74, 6) is -3.17. The van der Waals surface area contributed by atoms with Gasteiger partial charge in [0.1, 0.15) is 11.6 Å². The zero-order chi connectivity index (χ0) is 27.4. The number of rotatable bonds is 3. The number of fused-ring (bicyclic) bond motifs is 3. The molecule has 4 rings (SSSR count). The van der Waals surface area contributed by atoms with E-state index in [0.29, 0.717) is 44.0 Å². The smallest absolute Gasteiger partial charge is 0.383 e. The standard InChI is InChI=1S/C23H20F4N6O2/c1-12(34)32(3)33(11-14-4-6-15(9-18(14)24)23(25,26)27)22(35)13-5-7-19-16(8-13)20-17(21(28)30-19)10-29-31(20)2/h4-10H,11H2,1-3H3,(H2,28,30)/i11D2. The molecule has 0 radical (unpaired) electrons. The van der Waals surface area contributed by atoms with Crippen molar-refractivity contribution in [1.29, 1.82) is 0 Å². The van der Waals surface area contributed by atoms with Gasteiger partial charge in [-0.2, -0.15) is 18.3 Å². The Balaban J connectivity index is 1.87. The quantitative estimate of drug-likeness (QED) is 0.347. The van der Waals surface area contributed by atoms with Crippen molar-refractivity contribution >= 4 is 39.4 Å². The maximum atomic E-state index is 14.8. The van der Waals surface area contributed by atoms with E-state index in [1.54, 1.807) is 7.05 Å². The van der Waals surface area contributed by atoms with Crippen molar-refractivity contribution in [1.82, 2.24) is 24.8 Å². The van der Waals surface area contributed by atoms with E-state index in [1.165, 1.54) is 29.1 Å². The summed E-state index contributed by atoms with van der Waals surface area (Å²) in [5, 5.41) is 6.09. The Morgan fingerprint density at radius 2 is 1.89 bits per heavy atom. The first kappa shape index (κ1) is 21.3. The molecule has 2 aromatic carbocycles. The summed E-state index contributed by atoms with van der Waals surface area (Å²) in [7, 11) is 2.74. The highest BCUT2D eigenvalue weighted by Gasteiger charge is 2.32. The molecule has 0 fully saturated rings. The number of halogens is 4. The fourth-order valence-electron chi connectivity index (χ4n) is 3.51. The summed E-state index contributed by atoms with van der Waals surface area (Å²) in [6, 6.07) is 5.41. The summed E-state index contributed by atoms with van der Waals surface area (Å²) in [6.07, 6.45) is -3.37. The Kier molecular flexibility index (Phi) is 5.20. The van der Waals surface area contributed by atoms with Crippen LogP contribution in [0.15, 0.2) is 42.6 Å². The number of hydrogen-bond donors (Lipinski definition) is 1. The Morgan fingerprint density at radius 1 is 1.17 bits per heavy atom. The van der Waals surface area contributed by atoms with Crippen molar-refractivity contribution in [3.63, 3.8) is 0 Å². The molecule has 0 aliphatic heterocycles. The molecule has 0 spiro atoms. The highest BCUT2D eigenvalue weighted by Crippen LogP contribution is 2.31. The summed E-state index contributed by atoms with van der Waals surface area (Å²) in [4.78, 5) is 30.1. The van der Waals surface area contributed by atoms with E-state index in [2.05, 4.69) is 10.1 Å². The SMILES string of the molecule is [2H]C([2H])(c1ccc(C(F)(F)F)cc1F)N(C(=O)c1ccc2nc(N)c3cnn(C)c3c2c1)N(C)C(C)=O. The lowest BCUT2D eigenvalue weighted by molar-refractivity contribution is -0.140. The molecule has 0 bridgehead atoms. The van der Waals surface area contributed by atoms with Gasteiger partial charge in [0.25, 0.3) is 5.91 Å². The second kappa shape index (κ2) is 8.53. The highest BCUT2D eigenvalue weighted by atomic mass is 19.4. The van der Waals surface area contributed by atoms with Crippen molar-refractivity contribution in [2.75, 3.05) is 12.8 Å². The first-order chi connectivity index (χ1) is 17.1. The molecule has 8 nitrogen and oxygen atoms in total. The minimum absolute atomic E-state index is 0.106. The molecule has 0 saturated carbocycles. The second-order valence-corrected chi connectivity index (χ2v) is 7.72. The largest absolute Gasteiger partial charge is 0.416 e. The molecule has 12 heteroatoms. The topological polar surface area (TPSA) is 97.3 Å². The first-order valence-electron chi connectivity index (χ1n) is 11.1. The van der Waals surface area contributed by atoms with Gasteiger partial charge in [-0.15, -0.1) is 0 Å². The fraction of sp³-hybridized carbons (Fsp3) is 0.217. The lowest BCUT2D eigenvalue weighted by atomic mass is 10.1. The molecular formula is C23H20F4N6O2. The Labute approximate surface area is 199 Å². The van der Waals surface area contributed by atoms with Crippen LogP contribution in [0, 0.1) is 5.82 Å². The number of aryl methyl sites for hydroxylation is 1. The number of nitrogen functional groups attached to an aromatic ring is 1. The Morgan fingerprint density at radius 3 is 2.51 bits per heavy atom. The third-order valence-corrected chi connectivity index (χ3v) is 5.43. The number of nitrogens with zero attached hydrogens (tertiary/aromatic N) is 5. The number of alkyl halides is 3. The molecule has 0 saturated heterocycles. The summed E-state index contributed by atoms with van der Waals surface area (Å²) in [6.45, 7) is -2.02. The molecular weight excluding hydrogens is 468 g/mol. The van der Waals surface area contributed by atoms with Crippen LogP contribution in [0.3, 0.4) is 0 Å². The molecule has 0 aliphatic rings. The monoisotopic (exact) mass is 490 g/mol. The number of pyridine rings is 1. The normalized spacial score (nSPS) is 13.0. The van der Waals surface area contributed by atoms with Crippen molar-refractivity contribution in [2.24, 2.45) is 7.05 Å². The van der Waals surface area contributed by atoms with Gasteiger partial charge in [0, 0.05) is 37.5 Å². The fourth-order valence-corrected chi connectivity index (χ4v) is 3.51. The van der Waals surface area contributed by atoms with Crippen LogP contribution in [0.25, 0.3) is 21.8 Å². The van der Waals surface area contributed by atoms with E-state index in [-0.39, 0.29) is 17.4 Å². The third kappa shape index (κ3) is 4.34. The zero-order valence-corrected chi connectivity index (χ0v) is 18.7. The molecule has 2 N–H and O–H groups in total. The van der Waals surface area contributed by atoms with E-state index < -0.39 is 41.4 Å². The Hall–Kier alpha value is -4.22. The van der Waals surface area contributed by atoms with E-state index in [4.69, 9.17) is 8.48 Å². The van der Waals surface area contributed by atoms with Gasteiger partial charge in [0.05, 0.1) is 37.4 Å². The predicted octanol–water partition coefficient (Wildman–Crippen LogP) is 3.90. The van der Waals surface area contributed by atoms with Crippen LogP contribution in [0.2, 0.25) is 0 Å². The summed E-state index contributed by atoms with van der Waals surface area (Å²) in [5.41, 5.74) is 4.64.